The Morgan fingerprint density at radius 1 is 1.57 bits per heavy atom. The van der Waals surface area contributed by atoms with Gasteiger partial charge < -0.3 is 9.52 Å². The Kier molecular flexibility index (Phi) is 2.85. The summed E-state index contributed by atoms with van der Waals surface area (Å²) in [6, 6.07) is -0.0962. The van der Waals surface area contributed by atoms with Gasteiger partial charge >= 0.3 is 12.0 Å². The molecule has 6 heteroatoms. The number of carboxylic acid groups (broad SMARTS) is 1. The summed E-state index contributed by atoms with van der Waals surface area (Å²) >= 11 is 0. The summed E-state index contributed by atoms with van der Waals surface area (Å²) in [6.07, 6.45) is 0.971. The number of hydrogen-bond donors (Lipinski definition) is 2. The summed E-state index contributed by atoms with van der Waals surface area (Å²) in [5.41, 5.74) is -0.232. The maximum absolute atomic E-state index is 11.1. The maximum atomic E-state index is 11.1. The summed E-state index contributed by atoms with van der Waals surface area (Å²) in [5.74, 6) is -1.68. The third kappa shape index (κ3) is 2.32. The first-order valence-electron chi connectivity index (χ1n) is 4.00. The zero-order valence-electron chi connectivity index (χ0n) is 7.77. The minimum absolute atomic E-state index is 0.0962. The molecule has 0 saturated heterocycles. The zero-order valence-corrected chi connectivity index (χ0v) is 7.77. The average Bonchev–Trinajstić information content (AvgIpc) is 2.52. The van der Waals surface area contributed by atoms with E-state index >= 15 is 0 Å². The Balaban J connectivity index is 2.69. The van der Waals surface area contributed by atoms with Crippen molar-refractivity contribution in [1.29, 1.82) is 0 Å². The molecule has 0 bridgehead atoms. The van der Waals surface area contributed by atoms with Crippen LogP contribution >= 0.6 is 0 Å². The Hall–Kier alpha value is -1.85. The van der Waals surface area contributed by atoms with Crippen LogP contribution in [0.15, 0.2) is 10.7 Å². The van der Waals surface area contributed by atoms with E-state index in [9.17, 15) is 9.59 Å². The minimum atomic E-state index is -1.20. The van der Waals surface area contributed by atoms with Gasteiger partial charge in [-0.2, -0.15) is 4.98 Å². The summed E-state index contributed by atoms with van der Waals surface area (Å²) in [7, 11) is 0. The van der Waals surface area contributed by atoms with Crippen LogP contribution in [0, 0.1) is 5.92 Å². The summed E-state index contributed by atoms with van der Waals surface area (Å²) in [4.78, 5) is 25.1. The van der Waals surface area contributed by atoms with E-state index < -0.39 is 5.97 Å². The van der Waals surface area contributed by atoms with Gasteiger partial charge in [-0.05, 0) is 0 Å². The van der Waals surface area contributed by atoms with Gasteiger partial charge in [-0.1, -0.05) is 13.8 Å². The third-order valence-corrected chi connectivity index (χ3v) is 1.48. The number of amides is 1. The van der Waals surface area contributed by atoms with Crippen molar-refractivity contribution in [3.05, 3.63) is 12.0 Å². The second-order valence-electron chi connectivity index (χ2n) is 2.99. The van der Waals surface area contributed by atoms with Crippen molar-refractivity contribution >= 4 is 17.9 Å². The number of nitrogens with zero attached hydrogens (tertiary/aromatic N) is 1. The molecule has 1 rings (SSSR count). The lowest BCUT2D eigenvalue weighted by molar-refractivity contribution is -0.119. The molecule has 14 heavy (non-hydrogen) atoms. The molecule has 1 aromatic rings. The molecule has 0 aliphatic rings. The summed E-state index contributed by atoms with van der Waals surface area (Å²) in [5, 5.41) is 10.8. The molecule has 0 unspecified atom stereocenters. The molecule has 0 aliphatic carbocycles. The molecular weight excluding hydrogens is 188 g/mol. The number of rotatable bonds is 3. The van der Waals surface area contributed by atoms with Crippen LogP contribution < -0.4 is 5.32 Å². The number of aromatic nitrogens is 1. The Bertz CT molecular complexity index is 356. The molecule has 0 saturated carbocycles. The van der Waals surface area contributed by atoms with Gasteiger partial charge in [0.2, 0.25) is 5.91 Å². The molecule has 0 radical (unpaired) electrons. The van der Waals surface area contributed by atoms with Crippen molar-refractivity contribution in [3.8, 4) is 0 Å². The second-order valence-corrected chi connectivity index (χ2v) is 2.99. The summed E-state index contributed by atoms with van der Waals surface area (Å²) < 4.78 is 4.72. The van der Waals surface area contributed by atoms with Gasteiger partial charge in [-0.15, -0.1) is 0 Å². The van der Waals surface area contributed by atoms with E-state index in [1.165, 1.54) is 0 Å². The fraction of sp³-hybridized carbons (Fsp3) is 0.375. The van der Waals surface area contributed by atoms with Gasteiger partial charge in [-0.3, -0.25) is 10.1 Å². The normalized spacial score (nSPS) is 10.2. The number of hydrogen-bond acceptors (Lipinski definition) is 4. The van der Waals surface area contributed by atoms with Crippen molar-refractivity contribution in [3.63, 3.8) is 0 Å². The Labute approximate surface area is 79.9 Å². The third-order valence-electron chi connectivity index (χ3n) is 1.48. The van der Waals surface area contributed by atoms with Crippen molar-refractivity contribution in [2.24, 2.45) is 5.92 Å². The van der Waals surface area contributed by atoms with Crippen LogP contribution in [0.1, 0.15) is 24.3 Å². The van der Waals surface area contributed by atoms with Crippen LogP contribution in [-0.4, -0.2) is 22.0 Å². The average molecular weight is 198 g/mol. The fourth-order valence-corrected chi connectivity index (χ4v) is 0.679. The monoisotopic (exact) mass is 198 g/mol. The lowest BCUT2D eigenvalue weighted by Crippen LogP contribution is -2.18. The number of carbonyl (C=O) groups is 2. The standard InChI is InChI=1S/C8H10N2O4/c1-4(2)6(11)10-8-9-5(3-14-8)7(12)13/h3-4H,1-2H3,(H,12,13)(H,9,10,11). The van der Waals surface area contributed by atoms with Gasteiger partial charge in [0.1, 0.15) is 6.26 Å². The maximum Gasteiger partial charge on any atom is 0.357 e. The molecule has 1 heterocycles. The minimum Gasteiger partial charge on any atom is -0.476 e. The van der Waals surface area contributed by atoms with Crippen LogP contribution in [0.3, 0.4) is 0 Å². The summed E-state index contributed by atoms with van der Waals surface area (Å²) in [6.45, 7) is 3.41. The number of nitrogens with one attached hydrogen (secondary N) is 1. The van der Waals surface area contributed by atoms with Crippen molar-refractivity contribution < 1.29 is 19.1 Å². The highest BCUT2D eigenvalue weighted by atomic mass is 16.4. The molecule has 0 spiro atoms. The second kappa shape index (κ2) is 3.91. The van der Waals surface area contributed by atoms with Crippen molar-refractivity contribution in [2.75, 3.05) is 5.32 Å². The first kappa shape index (κ1) is 10.2. The molecule has 0 aromatic carbocycles. The first-order chi connectivity index (χ1) is 6.50. The molecular formula is C8H10N2O4. The van der Waals surface area contributed by atoms with E-state index in [1.54, 1.807) is 13.8 Å². The van der Waals surface area contributed by atoms with Gasteiger partial charge in [0, 0.05) is 5.92 Å². The molecule has 0 aliphatic heterocycles. The highest BCUT2D eigenvalue weighted by Crippen LogP contribution is 2.08. The molecule has 76 valence electrons. The van der Waals surface area contributed by atoms with Crippen LogP contribution in [0.4, 0.5) is 6.01 Å². The number of carbonyl (C=O) groups excluding carboxylic acids is 1. The largest absolute Gasteiger partial charge is 0.476 e. The van der Waals surface area contributed by atoms with Gasteiger partial charge in [0.25, 0.3) is 0 Å². The zero-order chi connectivity index (χ0) is 10.7. The predicted octanol–water partition coefficient (Wildman–Crippen LogP) is 0.967. The lowest BCUT2D eigenvalue weighted by atomic mass is 10.2. The number of carboxylic acids is 1. The van der Waals surface area contributed by atoms with Crippen LogP contribution in [0.25, 0.3) is 0 Å². The van der Waals surface area contributed by atoms with E-state index in [0.29, 0.717) is 0 Å². The SMILES string of the molecule is CC(C)C(=O)Nc1nc(C(=O)O)co1. The predicted molar refractivity (Wildman–Crippen MR) is 46.9 cm³/mol. The van der Waals surface area contributed by atoms with E-state index in [2.05, 4.69) is 10.3 Å². The molecule has 0 fully saturated rings. The lowest BCUT2D eigenvalue weighted by Gasteiger charge is -2.01. The van der Waals surface area contributed by atoms with Gasteiger partial charge in [0.15, 0.2) is 5.69 Å². The highest BCUT2D eigenvalue weighted by molar-refractivity contribution is 5.91. The molecule has 1 aromatic heterocycles. The van der Waals surface area contributed by atoms with Crippen molar-refractivity contribution in [2.45, 2.75) is 13.8 Å². The van der Waals surface area contributed by atoms with Crippen LogP contribution in [0.2, 0.25) is 0 Å². The van der Waals surface area contributed by atoms with E-state index in [4.69, 9.17) is 9.52 Å². The smallest absolute Gasteiger partial charge is 0.357 e. The van der Waals surface area contributed by atoms with Crippen molar-refractivity contribution in [1.82, 2.24) is 4.98 Å². The quantitative estimate of drug-likeness (QED) is 0.754. The molecule has 6 nitrogen and oxygen atoms in total. The molecule has 1 amide bonds. The van der Waals surface area contributed by atoms with E-state index in [-0.39, 0.29) is 23.5 Å². The van der Waals surface area contributed by atoms with Gasteiger partial charge in [0.05, 0.1) is 0 Å². The molecule has 2 N–H and O–H groups in total. The van der Waals surface area contributed by atoms with Crippen LogP contribution in [0.5, 0.6) is 0 Å². The van der Waals surface area contributed by atoms with Crippen LogP contribution in [-0.2, 0) is 4.79 Å². The number of oxazole rings is 1. The highest BCUT2D eigenvalue weighted by Gasteiger charge is 2.13. The Morgan fingerprint density at radius 2 is 2.21 bits per heavy atom. The number of anilines is 1. The first-order valence-corrected chi connectivity index (χ1v) is 4.00. The van der Waals surface area contributed by atoms with E-state index in [0.717, 1.165) is 6.26 Å². The van der Waals surface area contributed by atoms with E-state index in [1.807, 2.05) is 0 Å². The Morgan fingerprint density at radius 3 is 2.64 bits per heavy atom. The number of aromatic carboxylic acids is 1. The fourth-order valence-electron chi connectivity index (χ4n) is 0.679. The molecule has 0 atom stereocenters. The topological polar surface area (TPSA) is 92.4 Å². The van der Waals surface area contributed by atoms with Gasteiger partial charge in [-0.25, -0.2) is 4.79 Å².